The molecule has 3 heteroatoms. The van der Waals surface area contributed by atoms with Crippen molar-refractivity contribution in [1.29, 1.82) is 0 Å². The van der Waals surface area contributed by atoms with Gasteiger partial charge in [0.2, 0.25) is 0 Å². The summed E-state index contributed by atoms with van der Waals surface area (Å²) in [5.74, 6) is 0. The van der Waals surface area contributed by atoms with E-state index in [-0.39, 0.29) is 5.41 Å². The molecule has 0 bridgehead atoms. The molecule has 1 atom stereocenters. The summed E-state index contributed by atoms with van der Waals surface area (Å²) in [7, 11) is 0. The van der Waals surface area contributed by atoms with E-state index in [2.05, 4.69) is 6.58 Å². The van der Waals surface area contributed by atoms with Crippen LogP contribution >= 0.6 is 0 Å². The first-order valence-electron chi connectivity index (χ1n) is 4.40. The fourth-order valence-electron chi connectivity index (χ4n) is 1.80. The number of amides is 1. The summed E-state index contributed by atoms with van der Waals surface area (Å²) in [6, 6.07) is 0. The summed E-state index contributed by atoms with van der Waals surface area (Å²) in [5.41, 5.74) is 0.502. The number of likely N-dealkylation sites (tertiary alicyclic amines) is 1. The van der Waals surface area contributed by atoms with Gasteiger partial charge in [-0.3, -0.25) is 4.90 Å². The second-order valence-corrected chi connectivity index (χ2v) is 4.79. The molecule has 0 aromatic heterocycles. The number of hydrogen-bond donors (Lipinski definition) is 1. The summed E-state index contributed by atoms with van der Waals surface area (Å²) in [6.07, 6.45) is -0.857. The Hall–Kier alpha value is -0.990. The largest absolute Gasteiger partial charge is 0.465 e. The van der Waals surface area contributed by atoms with Gasteiger partial charge in [0, 0.05) is 6.54 Å². The summed E-state index contributed by atoms with van der Waals surface area (Å²) < 4.78 is 0. The van der Waals surface area contributed by atoms with E-state index >= 15 is 0 Å². The molecule has 13 heavy (non-hydrogen) atoms. The van der Waals surface area contributed by atoms with Crippen LogP contribution in [-0.4, -0.2) is 28.2 Å². The second kappa shape index (κ2) is 2.50. The fourth-order valence-corrected chi connectivity index (χ4v) is 1.80. The smallest absolute Gasteiger partial charge is 0.408 e. The highest BCUT2D eigenvalue weighted by atomic mass is 16.4. The molecule has 1 unspecified atom stereocenters. The lowest BCUT2D eigenvalue weighted by molar-refractivity contribution is -0.00411. The Morgan fingerprint density at radius 2 is 2.08 bits per heavy atom. The van der Waals surface area contributed by atoms with Crippen LogP contribution in [0.1, 0.15) is 27.7 Å². The number of rotatable bonds is 0. The molecule has 0 aliphatic carbocycles. The maximum Gasteiger partial charge on any atom is 0.408 e. The van der Waals surface area contributed by atoms with Crippen molar-refractivity contribution in [2.24, 2.45) is 5.41 Å². The Morgan fingerprint density at radius 1 is 1.62 bits per heavy atom. The van der Waals surface area contributed by atoms with Gasteiger partial charge in [-0.25, -0.2) is 4.79 Å². The van der Waals surface area contributed by atoms with Gasteiger partial charge in [0.25, 0.3) is 0 Å². The minimum absolute atomic E-state index is 0.0965. The SMILES string of the molecule is C=C1CN(C(=O)O)C1(C)C(C)(C)C. The lowest BCUT2D eigenvalue weighted by Crippen LogP contribution is -2.67. The third-order valence-electron chi connectivity index (χ3n) is 3.27. The van der Waals surface area contributed by atoms with Gasteiger partial charge in [0.15, 0.2) is 0 Å². The molecule has 0 aromatic carbocycles. The van der Waals surface area contributed by atoms with Crippen molar-refractivity contribution in [3.8, 4) is 0 Å². The van der Waals surface area contributed by atoms with Crippen molar-refractivity contribution in [2.45, 2.75) is 33.2 Å². The number of hydrogen-bond acceptors (Lipinski definition) is 1. The van der Waals surface area contributed by atoms with Crippen molar-refractivity contribution in [2.75, 3.05) is 6.54 Å². The van der Waals surface area contributed by atoms with Crippen molar-refractivity contribution >= 4 is 6.09 Å². The Kier molecular flexibility index (Phi) is 1.94. The Balaban J connectivity index is 3.00. The van der Waals surface area contributed by atoms with E-state index in [0.29, 0.717) is 6.54 Å². The maximum atomic E-state index is 10.9. The first-order chi connectivity index (χ1) is 5.71. The molecule has 74 valence electrons. The van der Waals surface area contributed by atoms with Crippen LogP contribution < -0.4 is 0 Å². The first-order valence-corrected chi connectivity index (χ1v) is 4.40. The molecule has 1 aliphatic rings. The van der Waals surface area contributed by atoms with Crippen molar-refractivity contribution < 1.29 is 9.90 Å². The molecule has 1 saturated heterocycles. The molecule has 1 rings (SSSR count). The highest BCUT2D eigenvalue weighted by Crippen LogP contribution is 2.47. The average molecular weight is 183 g/mol. The summed E-state index contributed by atoms with van der Waals surface area (Å²) in [5, 5.41) is 8.93. The van der Waals surface area contributed by atoms with E-state index in [0.717, 1.165) is 5.57 Å². The molecular weight excluding hydrogens is 166 g/mol. The molecule has 1 amide bonds. The number of nitrogens with zero attached hydrogens (tertiary/aromatic N) is 1. The summed E-state index contributed by atoms with van der Waals surface area (Å²) in [6.45, 7) is 12.4. The molecule has 1 N–H and O–H groups in total. The minimum Gasteiger partial charge on any atom is -0.465 e. The van der Waals surface area contributed by atoms with Gasteiger partial charge in [0.05, 0.1) is 5.54 Å². The number of carbonyl (C=O) groups is 1. The zero-order valence-corrected chi connectivity index (χ0v) is 8.72. The van der Waals surface area contributed by atoms with E-state index in [4.69, 9.17) is 5.11 Å². The molecular formula is C10H17NO2. The van der Waals surface area contributed by atoms with Gasteiger partial charge in [-0.05, 0) is 17.9 Å². The topological polar surface area (TPSA) is 40.5 Å². The Labute approximate surface area is 79.0 Å². The second-order valence-electron chi connectivity index (χ2n) is 4.79. The van der Waals surface area contributed by atoms with Crippen LogP contribution in [0.2, 0.25) is 0 Å². The van der Waals surface area contributed by atoms with E-state index in [1.807, 2.05) is 27.7 Å². The molecule has 0 aromatic rings. The van der Waals surface area contributed by atoms with Crippen molar-refractivity contribution in [1.82, 2.24) is 4.90 Å². The van der Waals surface area contributed by atoms with Crippen LogP contribution in [0.15, 0.2) is 12.2 Å². The van der Waals surface area contributed by atoms with E-state index in [9.17, 15) is 4.79 Å². The van der Waals surface area contributed by atoms with Crippen LogP contribution in [-0.2, 0) is 0 Å². The van der Waals surface area contributed by atoms with Crippen LogP contribution in [0.3, 0.4) is 0 Å². The molecule has 1 aliphatic heterocycles. The third kappa shape index (κ3) is 1.14. The van der Waals surface area contributed by atoms with Crippen LogP contribution in [0, 0.1) is 5.41 Å². The van der Waals surface area contributed by atoms with Crippen molar-refractivity contribution in [3.05, 3.63) is 12.2 Å². The van der Waals surface area contributed by atoms with Crippen LogP contribution in [0.4, 0.5) is 4.79 Å². The van der Waals surface area contributed by atoms with Gasteiger partial charge in [-0.15, -0.1) is 0 Å². The van der Waals surface area contributed by atoms with Gasteiger partial charge in [-0.1, -0.05) is 27.4 Å². The summed E-state index contributed by atoms with van der Waals surface area (Å²) >= 11 is 0. The standard InChI is InChI=1S/C10H17NO2/c1-7-6-11(8(12)13)10(7,5)9(2,3)4/h1,6H2,2-5H3,(H,12,13). The van der Waals surface area contributed by atoms with E-state index in [1.54, 1.807) is 0 Å². The van der Waals surface area contributed by atoms with Gasteiger partial charge in [-0.2, -0.15) is 0 Å². The van der Waals surface area contributed by atoms with Crippen molar-refractivity contribution in [3.63, 3.8) is 0 Å². The normalized spacial score (nSPS) is 28.6. The lowest BCUT2D eigenvalue weighted by Gasteiger charge is -2.58. The molecule has 1 fully saturated rings. The van der Waals surface area contributed by atoms with Gasteiger partial charge in [0.1, 0.15) is 0 Å². The van der Waals surface area contributed by atoms with E-state index in [1.165, 1.54) is 4.90 Å². The maximum absolute atomic E-state index is 10.9. The fraction of sp³-hybridized carbons (Fsp3) is 0.700. The highest BCUT2D eigenvalue weighted by Gasteiger charge is 2.54. The average Bonchev–Trinajstić information content (AvgIpc) is 1.95. The lowest BCUT2D eigenvalue weighted by atomic mass is 9.65. The van der Waals surface area contributed by atoms with E-state index < -0.39 is 11.6 Å². The quantitative estimate of drug-likeness (QED) is 0.585. The highest BCUT2D eigenvalue weighted by molar-refractivity contribution is 5.70. The Bertz CT molecular complexity index is 265. The zero-order chi connectivity index (χ0) is 10.4. The van der Waals surface area contributed by atoms with Crippen LogP contribution in [0.25, 0.3) is 0 Å². The molecule has 3 nitrogen and oxygen atoms in total. The third-order valence-corrected chi connectivity index (χ3v) is 3.27. The van der Waals surface area contributed by atoms with Gasteiger partial charge >= 0.3 is 6.09 Å². The Morgan fingerprint density at radius 3 is 2.23 bits per heavy atom. The predicted octanol–water partition coefficient (Wildman–Crippen LogP) is 2.34. The molecule has 0 spiro atoms. The minimum atomic E-state index is -0.857. The zero-order valence-electron chi connectivity index (χ0n) is 8.72. The molecule has 0 saturated carbocycles. The van der Waals surface area contributed by atoms with Crippen LogP contribution in [0.5, 0.6) is 0 Å². The summed E-state index contributed by atoms with van der Waals surface area (Å²) in [4.78, 5) is 12.3. The molecule has 1 heterocycles. The molecule has 0 radical (unpaired) electrons. The van der Waals surface area contributed by atoms with Gasteiger partial charge < -0.3 is 5.11 Å². The monoisotopic (exact) mass is 183 g/mol. The number of carboxylic acid groups (broad SMARTS) is 1. The first kappa shape index (κ1) is 10.1. The predicted molar refractivity (Wildman–Crippen MR) is 51.7 cm³/mol.